The number of rotatable bonds is 5. The molecule has 15 heavy (non-hydrogen) atoms. The summed E-state index contributed by atoms with van der Waals surface area (Å²) in [7, 11) is 1.80. The van der Waals surface area contributed by atoms with Crippen LogP contribution in [0.1, 0.15) is 37.1 Å². The standard InChI is InChI=1S/C12H19NOS/c1-3-11(12-5-4-6-15-12)13-9-7-10(8-9)14-2/h4-6,9-11,13H,3,7-8H2,1-2H3. The molecule has 0 aromatic carbocycles. The molecule has 0 spiro atoms. The molecule has 1 atom stereocenters. The smallest absolute Gasteiger partial charge is 0.0601 e. The molecule has 3 heteroatoms. The van der Waals surface area contributed by atoms with Crippen molar-refractivity contribution in [2.45, 2.75) is 44.4 Å². The lowest BCUT2D eigenvalue weighted by molar-refractivity contribution is 0.0141. The highest BCUT2D eigenvalue weighted by Crippen LogP contribution is 2.28. The molecular weight excluding hydrogens is 206 g/mol. The summed E-state index contributed by atoms with van der Waals surface area (Å²) in [5.41, 5.74) is 0. The minimum Gasteiger partial charge on any atom is -0.381 e. The Kier molecular flexibility index (Phi) is 3.78. The maximum atomic E-state index is 5.28. The van der Waals surface area contributed by atoms with Gasteiger partial charge in [0.1, 0.15) is 0 Å². The molecule has 0 radical (unpaired) electrons. The van der Waals surface area contributed by atoms with Crippen LogP contribution in [-0.2, 0) is 4.74 Å². The summed E-state index contributed by atoms with van der Waals surface area (Å²) in [6, 6.07) is 5.54. The third-order valence-electron chi connectivity index (χ3n) is 3.16. The van der Waals surface area contributed by atoms with Crippen LogP contribution in [0.15, 0.2) is 17.5 Å². The van der Waals surface area contributed by atoms with Gasteiger partial charge < -0.3 is 10.1 Å². The summed E-state index contributed by atoms with van der Waals surface area (Å²) in [5, 5.41) is 5.85. The van der Waals surface area contributed by atoms with E-state index in [1.54, 1.807) is 7.11 Å². The summed E-state index contributed by atoms with van der Waals surface area (Å²) < 4.78 is 5.28. The first-order valence-electron chi connectivity index (χ1n) is 5.65. The van der Waals surface area contributed by atoms with Gasteiger partial charge in [0.25, 0.3) is 0 Å². The molecule has 0 aliphatic heterocycles. The second-order valence-corrected chi connectivity index (χ2v) is 5.15. The van der Waals surface area contributed by atoms with Crippen LogP contribution in [0, 0.1) is 0 Å². The highest BCUT2D eigenvalue weighted by Gasteiger charge is 2.30. The highest BCUT2D eigenvalue weighted by atomic mass is 32.1. The Balaban J connectivity index is 1.83. The number of hydrogen-bond donors (Lipinski definition) is 1. The molecule has 0 saturated heterocycles. The molecule has 0 amide bonds. The van der Waals surface area contributed by atoms with Gasteiger partial charge in [-0.3, -0.25) is 0 Å². The molecule has 1 aromatic heterocycles. The second-order valence-electron chi connectivity index (χ2n) is 4.17. The molecule has 1 unspecified atom stereocenters. The van der Waals surface area contributed by atoms with Gasteiger partial charge in [0.05, 0.1) is 6.10 Å². The Morgan fingerprint density at radius 1 is 1.60 bits per heavy atom. The Bertz CT molecular complexity index is 280. The zero-order valence-corrected chi connectivity index (χ0v) is 10.2. The van der Waals surface area contributed by atoms with Crippen LogP contribution < -0.4 is 5.32 Å². The zero-order chi connectivity index (χ0) is 10.7. The average Bonchev–Trinajstić information content (AvgIpc) is 2.69. The van der Waals surface area contributed by atoms with Crippen LogP contribution >= 0.6 is 11.3 Å². The first kappa shape index (κ1) is 11.1. The van der Waals surface area contributed by atoms with Crippen molar-refractivity contribution in [3.63, 3.8) is 0 Å². The van der Waals surface area contributed by atoms with E-state index >= 15 is 0 Å². The predicted octanol–water partition coefficient (Wildman–Crippen LogP) is 2.97. The third kappa shape index (κ3) is 2.60. The van der Waals surface area contributed by atoms with Gasteiger partial charge in [0.2, 0.25) is 0 Å². The van der Waals surface area contributed by atoms with Crippen molar-refractivity contribution in [1.82, 2.24) is 5.32 Å². The van der Waals surface area contributed by atoms with Crippen molar-refractivity contribution in [3.8, 4) is 0 Å². The van der Waals surface area contributed by atoms with Crippen LogP contribution in [0.3, 0.4) is 0 Å². The summed E-state index contributed by atoms with van der Waals surface area (Å²) >= 11 is 1.84. The molecule has 1 aliphatic rings. The van der Waals surface area contributed by atoms with Gasteiger partial charge in [-0.05, 0) is 30.7 Å². The number of ether oxygens (including phenoxy) is 1. The summed E-state index contributed by atoms with van der Waals surface area (Å²) in [6.07, 6.45) is 3.98. The van der Waals surface area contributed by atoms with E-state index in [2.05, 4.69) is 29.8 Å². The van der Waals surface area contributed by atoms with Crippen molar-refractivity contribution >= 4 is 11.3 Å². The minimum absolute atomic E-state index is 0.489. The zero-order valence-electron chi connectivity index (χ0n) is 9.40. The topological polar surface area (TPSA) is 21.3 Å². The summed E-state index contributed by atoms with van der Waals surface area (Å²) in [5.74, 6) is 0. The van der Waals surface area contributed by atoms with E-state index < -0.39 is 0 Å². The van der Waals surface area contributed by atoms with E-state index in [9.17, 15) is 0 Å². The lowest BCUT2D eigenvalue weighted by Gasteiger charge is -2.37. The summed E-state index contributed by atoms with van der Waals surface area (Å²) in [6.45, 7) is 2.24. The number of hydrogen-bond acceptors (Lipinski definition) is 3. The van der Waals surface area contributed by atoms with E-state index in [1.165, 1.54) is 17.7 Å². The van der Waals surface area contributed by atoms with Crippen LogP contribution in [-0.4, -0.2) is 19.3 Å². The largest absolute Gasteiger partial charge is 0.381 e. The van der Waals surface area contributed by atoms with Gasteiger partial charge in [-0.2, -0.15) is 0 Å². The Morgan fingerprint density at radius 3 is 2.93 bits per heavy atom. The van der Waals surface area contributed by atoms with Gasteiger partial charge in [-0.25, -0.2) is 0 Å². The molecule has 1 fully saturated rings. The van der Waals surface area contributed by atoms with Crippen molar-refractivity contribution in [3.05, 3.63) is 22.4 Å². The molecule has 2 nitrogen and oxygen atoms in total. The molecular formula is C12H19NOS. The predicted molar refractivity (Wildman–Crippen MR) is 64.3 cm³/mol. The molecule has 1 aromatic rings. The molecule has 2 rings (SSSR count). The highest BCUT2D eigenvalue weighted by molar-refractivity contribution is 7.10. The Labute approximate surface area is 95.6 Å². The van der Waals surface area contributed by atoms with Crippen molar-refractivity contribution in [2.75, 3.05) is 7.11 Å². The van der Waals surface area contributed by atoms with E-state index in [0.717, 1.165) is 6.42 Å². The van der Waals surface area contributed by atoms with Gasteiger partial charge in [-0.15, -0.1) is 11.3 Å². The van der Waals surface area contributed by atoms with Gasteiger partial charge in [-0.1, -0.05) is 13.0 Å². The molecule has 1 N–H and O–H groups in total. The molecule has 0 bridgehead atoms. The first-order chi connectivity index (χ1) is 7.33. The maximum absolute atomic E-state index is 5.28. The van der Waals surface area contributed by atoms with Crippen molar-refractivity contribution in [2.24, 2.45) is 0 Å². The Hall–Kier alpha value is -0.380. The lowest BCUT2D eigenvalue weighted by atomic mass is 9.88. The van der Waals surface area contributed by atoms with Crippen molar-refractivity contribution in [1.29, 1.82) is 0 Å². The summed E-state index contributed by atoms with van der Waals surface area (Å²) in [4.78, 5) is 1.46. The molecule has 1 heterocycles. The lowest BCUT2D eigenvalue weighted by Crippen LogP contribution is -2.46. The SMILES string of the molecule is CCC(NC1CC(OC)C1)c1cccs1. The monoisotopic (exact) mass is 225 g/mol. The fourth-order valence-corrected chi connectivity index (χ4v) is 2.94. The Morgan fingerprint density at radius 2 is 2.40 bits per heavy atom. The molecule has 1 aliphatic carbocycles. The van der Waals surface area contributed by atoms with E-state index in [4.69, 9.17) is 4.74 Å². The van der Waals surface area contributed by atoms with Crippen LogP contribution in [0.5, 0.6) is 0 Å². The fraction of sp³-hybridized carbons (Fsp3) is 0.667. The average molecular weight is 225 g/mol. The third-order valence-corrected chi connectivity index (χ3v) is 4.15. The molecule has 1 saturated carbocycles. The first-order valence-corrected chi connectivity index (χ1v) is 6.53. The van der Waals surface area contributed by atoms with Gasteiger partial charge >= 0.3 is 0 Å². The number of methoxy groups -OCH3 is 1. The number of nitrogens with one attached hydrogen (secondary N) is 1. The maximum Gasteiger partial charge on any atom is 0.0601 e. The van der Waals surface area contributed by atoms with Crippen LogP contribution in [0.25, 0.3) is 0 Å². The second kappa shape index (κ2) is 5.10. The van der Waals surface area contributed by atoms with Crippen molar-refractivity contribution < 1.29 is 4.74 Å². The quantitative estimate of drug-likeness (QED) is 0.832. The fourth-order valence-electron chi connectivity index (χ4n) is 2.07. The van der Waals surface area contributed by atoms with Gasteiger partial charge in [0, 0.05) is 24.1 Å². The van der Waals surface area contributed by atoms with Crippen LogP contribution in [0.4, 0.5) is 0 Å². The van der Waals surface area contributed by atoms with E-state index in [0.29, 0.717) is 18.2 Å². The van der Waals surface area contributed by atoms with Crippen LogP contribution in [0.2, 0.25) is 0 Å². The minimum atomic E-state index is 0.489. The van der Waals surface area contributed by atoms with E-state index in [-0.39, 0.29) is 0 Å². The van der Waals surface area contributed by atoms with E-state index in [1.807, 2.05) is 11.3 Å². The number of thiophene rings is 1. The molecule has 84 valence electrons. The normalized spacial score (nSPS) is 27.3. The van der Waals surface area contributed by atoms with Gasteiger partial charge in [0.15, 0.2) is 0 Å².